The highest BCUT2D eigenvalue weighted by molar-refractivity contribution is 5.84. The molecule has 1 aromatic carbocycles. The molecule has 0 aliphatic heterocycles. The molecular weight excluding hydrogens is 166 g/mol. The molecule has 68 valence electrons. The maximum atomic E-state index is 8.97. The van der Waals surface area contributed by atoms with Crippen LogP contribution in [0, 0.1) is 5.41 Å². The van der Waals surface area contributed by atoms with Crippen LogP contribution in [-0.2, 0) is 0 Å². The molecule has 4 nitrogen and oxygen atoms in total. The molecule has 4 heteroatoms. The summed E-state index contributed by atoms with van der Waals surface area (Å²) in [5, 5.41) is 15.9. The number of phenolic OH excluding ortho intramolecular Hbond substituents is 1. The predicted octanol–water partition coefficient (Wildman–Crippen LogP) is 0.747. The highest BCUT2D eigenvalue weighted by Crippen LogP contribution is 2.07. The first-order valence-electron chi connectivity index (χ1n) is 3.80. The zero-order valence-electron chi connectivity index (χ0n) is 7.07. The summed E-state index contributed by atoms with van der Waals surface area (Å²) in [5.41, 5.74) is 5.98. The molecule has 0 heterocycles. The Balaban J connectivity index is 2.59. The van der Waals surface area contributed by atoms with Crippen LogP contribution in [-0.4, -0.2) is 23.7 Å². The molecule has 0 unspecified atom stereocenters. The average Bonchev–Trinajstić information content (AvgIpc) is 2.08. The van der Waals surface area contributed by atoms with Crippen molar-refractivity contribution in [2.24, 2.45) is 10.7 Å². The zero-order chi connectivity index (χ0) is 9.68. The minimum atomic E-state index is 0.0371. The molecule has 13 heavy (non-hydrogen) atoms. The van der Waals surface area contributed by atoms with Gasteiger partial charge in [-0.15, -0.1) is 0 Å². The molecule has 1 aromatic rings. The summed E-state index contributed by atoms with van der Waals surface area (Å²) < 4.78 is 0. The summed E-state index contributed by atoms with van der Waals surface area (Å²) >= 11 is 0. The van der Waals surface area contributed by atoms with E-state index in [0.29, 0.717) is 0 Å². The number of phenols is 1. The third-order valence-electron chi connectivity index (χ3n) is 1.40. The van der Waals surface area contributed by atoms with Gasteiger partial charge in [-0.3, -0.25) is 10.4 Å². The van der Waals surface area contributed by atoms with Crippen molar-refractivity contribution < 1.29 is 5.11 Å². The average molecular weight is 177 g/mol. The molecule has 0 saturated heterocycles. The fourth-order valence-corrected chi connectivity index (χ4v) is 0.810. The number of benzene rings is 1. The van der Waals surface area contributed by atoms with Crippen LogP contribution in [0.3, 0.4) is 0 Å². The van der Waals surface area contributed by atoms with Crippen molar-refractivity contribution >= 4 is 12.1 Å². The van der Waals surface area contributed by atoms with Gasteiger partial charge in [0.15, 0.2) is 0 Å². The molecule has 0 aliphatic rings. The highest BCUT2D eigenvalue weighted by Gasteiger charge is 1.88. The van der Waals surface area contributed by atoms with Gasteiger partial charge < -0.3 is 10.8 Å². The van der Waals surface area contributed by atoms with Crippen LogP contribution in [0.2, 0.25) is 0 Å². The smallest absolute Gasteiger partial charge is 0.115 e. The Labute approximate surface area is 76.2 Å². The van der Waals surface area contributed by atoms with Crippen LogP contribution in [0.4, 0.5) is 0 Å². The molecule has 0 radical (unpaired) electrons. The van der Waals surface area contributed by atoms with Crippen molar-refractivity contribution in [1.29, 1.82) is 5.41 Å². The molecule has 0 aliphatic carbocycles. The zero-order valence-corrected chi connectivity index (χ0v) is 7.07. The lowest BCUT2D eigenvalue weighted by Crippen LogP contribution is -2.12. The molecule has 0 aromatic heterocycles. The SMILES string of the molecule is N=C(N)CN=Cc1ccc(O)cc1. The number of nitrogens with zero attached hydrogens (tertiary/aromatic N) is 1. The predicted molar refractivity (Wildman–Crippen MR) is 52.5 cm³/mol. The molecule has 4 N–H and O–H groups in total. The van der Waals surface area contributed by atoms with Gasteiger partial charge in [-0.25, -0.2) is 0 Å². The van der Waals surface area contributed by atoms with Crippen LogP contribution < -0.4 is 5.73 Å². The third kappa shape index (κ3) is 3.37. The van der Waals surface area contributed by atoms with Gasteiger partial charge in [-0.1, -0.05) is 0 Å². The first-order valence-corrected chi connectivity index (χ1v) is 3.80. The summed E-state index contributed by atoms with van der Waals surface area (Å²) in [4.78, 5) is 3.91. The van der Waals surface area contributed by atoms with Crippen LogP contribution in [0.25, 0.3) is 0 Å². The summed E-state index contributed by atoms with van der Waals surface area (Å²) in [6.45, 7) is 0.209. The van der Waals surface area contributed by atoms with Gasteiger partial charge in [-0.2, -0.15) is 0 Å². The van der Waals surface area contributed by atoms with Crippen molar-refractivity contribution in [3.63, 3.8) is 0 Å². The van der Waals surface area contributed by atoms with E-state index in [1.807, 2.05) is 0 Å². The van der Waals surface area contributed by atoms with Gasteiger partial charge in [0.25, 0.3) is 0 Å². The van der Waals surface area contributed by atoms with Crippen LogP contribution >= 0.6 is 0 Å². The van der Waals surface area contributed by atoms with E-state index in [0.717, 1.165) is 5.56 Å². The van der Waals surface area contributed by atoms with E-state index < -0.39 is 0 Å². The third-order valence-corrected chi connectivity index (χ3v) is 1.40. The lowest BCUT2D eigenvalue weighted by Gasteiger charge is -1.93. The Kier molecular flexibility index (Phi) is 3.03. The molecule has 0 saturated carbocycles. The van der Waals surface area contributed by atoms with Crippen molar-refractivity contribution in [3.05, 3.63) is 29.8 Å². The van der Waals surface area contributed by atoms with E-state index in [-0.39, 0.29) is 18.1 Å². The number of nitrogens with two attached hydrogens (primary N) is 1. The highest BCUT2D eigenvalue weighted by atomic mass is 16.3. The van der Waals surface area contributed by atoms with Gasteiger partial charge in [0.1, 0.15) is 11.6 Å². The van der Waals surface area contributed by atoms with Crippen LogP contribution in [0.1, 0.15) is 5.56 Å². The fraction of sp³-hybridized carbons (Fsp3) is 0.111. The Morgan fingerprint density at radius 3 is 2.62 bits per heavy atom. The lowest BCUT2D eigenvalue weighted by atomic mass is 10.2. The van der Waals surface area contributed by atoms with E-state index in [1.54, 1.807) is 30.5 Å². The van der Waals surface area contributed by atoms with E-state index in [1.165, 1.54) is 0 Å². The fourth-order valence-electron chi connectivity index (χ4n) is 0.810. The number of rotatable bonds is 3. The molecule has 0 bridgehead atoms. The minimum absolute atomic E-state index is 0.0371. The molecule has 1 rings (SSSR count). The summed E-state index contributed by atoms with van der Waals surface area (Å²) in [6, 6.07) is 6.63. The first-order chi connectivity index (χ1) is 6.18. The Bertz CT molecular complexity index is 316. The molecule has 0 fully saturated rings. The topological polar surface area (TPSA) is 82.5 Å². The molecule has 0 amide bonds. The molecular formula is C9H11N3O. The Morgan fingerprint density at radius 1 is 1.46 bits per heavy atom. The monoisotopic (exact) mass is 177 g/mol. The maximum absolute atomic E-state index is 8.97. The standard InChI is InChI=1S/C9H11N3O/c10-9(11)6-12-5-7-1-3-8(13)4-2-7/h1-5,13H,6H2,(H3,10,11). The van der Waals surface area contributed by atoms with Crippen LogP contribution in [0.5, 0.6) is 5.75 Å². The van der Waals surface area contributed by atoms with Crippen LogP contribution in [0.15, 0.2) is 29.3 Å². The second-order valence-corrected chi connectivity index (χ2v) is 2.59. The van der Waals surface area contributed by atoms with E-state index >= 15 is 0 Å². The lowest BCUT2D eigenvalue weighted by molar-refractivity contribution is 0.475. The number of aliphatic imine (C=N–C) groups is 1. The van der Waals surface area contributed by atoms with Gasteiger partial charge in [0.05, 0.1) is 6.54 Å². The van der Waals surface area contributed by atoms with Gasteiger partial charge in [0, 0.05) is 6.21 Å². The second-order valence-electron chi connectivity index (χ2n) is 2.59. The number of hydrogen-bond donors (Lipinski definition) is 3. The Hall–Kier alpha value is -1.84. The second kappa shape index (κ2) is 4.25. The maximum Gasteiger partial charge on any atom is 0.115 e. The van der Waals surface area contributed by atoms with E-state index in [9.17, 15) is 0 Å². The largest absolute Gasteiger partial charge is 0.508 e. The molecule has 0 spiro atoms. The van der Waals surface area contributed by atoms with Crippen molar-refractivity contribution in [2.75, 3.05) is 6.54 Å². The number of amidine groups is 1. The quantitative estimate of drug-likeness (QED) is 0.470. The van der Waals surface area contributed by atoms with Crippen molar-refractivity contribution in [2.45, 2.75) is 0 Å². The van der Waals surface area contributed by atoms with Crippen molar-refractivity contribution in [3.8, 4) is 5.75 Å². The van der Waals surface area contributed by atoms with E-state index in [2.05, 4.69) is 4.99 Å². The van der Waals surface area contributed by atoms with E-state index in [4.69, 9.17) is 16.2 Å². The summed E-state index contributed by atoms with van der Waals surface area (Å²) in [7, 11) is 0. The summed E-state index contributed by atoms with van der Waals surface area (Å²) in [5.74, 6) is 0.263. The molecule has 0 atom stereocenters. The number of nitrogens with one attached hydrogen (secondary N) is 1. The number of aromatic hydroxyl groups is 1. The summed E-state index contributed by atoms with van der Waals surface area (Å²) in [6.07, 6.45) is 1.61. The minimum Gasteiger partial charge on any atom is -0.508 e. The number of hydrogen-bond acceptors (Lipinski definition) is 3. The van der Waals surface area contributed by atoms with Gasteiger partial charge in [0.2, 0.25) is 0 Å². The Morgan fingerprint density at radius 2 is 2.08 bits per heavy atom. The van der Waals surface area contributed by atoms with Gasteiger partial charge >= 0.3 is 0 Å². The first kappa shape index (κ1) is 9.25. The van der Waals surface area contributed by atoms with Crippen molar-refractivity contribution in [1.82, 2.24) is 0 Å². The normalized spacial score (nSPS) is 10.5. The van der Waals surface area contributed by atoms with Gasteiger partial charge in [-0.05, 0) is 29.8 Å².